The van der Waals surface area contributed by atoms with Gasteiger partial charge in [0.25, 0.3) is 11.8 Å². The van der Waals surface area contributed by atoms with Crippen LogP contribution in [0.1, 0.15) is 119 Å². The van der Waals surface area contributed by atoms with Gasteiger partial charge in [0, 0.05) is 71.1 Å². The molecule has 2 heterocycles. The Balaban J connectivity index is 1.69. The lowest BCUT2D eigenvalue weighted by Crippen LogP contribution is -2.58. The first-order valence-corrected chi connectivity index (χ1v) is 24.8. The van der Waals surface area contributed by atoms with Crippen LogP contribution < -0.4 is 10.6 Å². The number of halogens is 1. The van der Waals surface area contributed by atoms with Crippen LogP contribution in [0, 0.1) is 35.5 Å². The summed E-state index contributed by atoms with van der Waals surface area (Å²) in [5.74, 6) is -5.86. The van der Waals surface area contributed by atoms with E-state index in [4.69, 9.17) is 9.47 Å². The van der Waals surface area contributed by atoms with Crippen LogP contribution in [0.15, 0.2) is 42.5 Å². The van der Waals surface area contributed by atoms with E-state index in [1.54, 1.807) is 49.2 Å². The van der Waals surface area contributed by atoms with Gasteiger partial charge in [-0.25, -0.2) is 9.18 Å². The van der Waals surface area contributed by atoms with E-state index in [9.17, 15) is 43.5 Å². The maximum Gasteiger partial charge on any atom is 0.326 e. The van der Waals surface area contributed by atoms with Crippen LogP contribution in [0.3, 0.4) is 0 Å². The van der Waals surface area contributed by atoms with Gasteiger partial charge < -0.3 is 35.0 Å². The molecule has 386 valence electrons. The molecule has 1 fully saturated rings. The fourth-order valence-electron chi connectivity index (χ4n) is 9.62. The predicted molar refractivity (Wildman–Crippen MR) is 259 cm³/mol. The van der Waals surface area contributed by atoms with Crippen molar-refractivity contribution < 1.29 is 57.3 Å². The number of carbonyl (C=O) groups excluding carboxylic acids is 7. The summed E-state index contributed by atoms with van der Waals surface area (Å²) >= 11 is 0. The highest BCUT2D eigenvalue weighted by molar-refractivity contribution is 6.12. The van der Waals surface area contributed by atoms with Gasteiger partial charge in [0.1, 0.15) is 24.0 Å². The van der Waals surface area contributed by atoms with Crippen molar-refractivity contribution in [3.63, 3.8) is 0 Å². The van der Waals surface area contributed by atoms with Crippen LogP contribution in [-0.2, 0) is 54.3 Å². The number of carboxylic acid groups (broad SMARTS) is 1. The lowest BCUT2D eigenvalue weighted by Gasteiger charge is -2.41. The number of hydrogen-bond donors (Lipinski definition) is 3. The number of methoxy groups -OCH3 is 2. The number of ether oxygens (including phenoxy) is 2. The molecule has 2 aliphatic rings. The number of rotatable bonds is 30. The van der Waals surface area contributed by atoms with Crippen molar-refractivity contribution in [2.45, 2.75) is 162 Å². The summed E-state index contributed by atoms with van der Waals surface area (Å²) < 4.78 is 27.1. The summed E-state index contributed by atoms with van der Waals surface area (Å²) in [7, 11) is 4.45. The number of aliphatic carboxylic acids is 1. The number of nitrogens with zero attached hydrogens (tertiary/aromatic N) is 3. The maximum atomic E-state index is 15.3. The minimum Gasteiger partial charge on any atom is -0.480 e. The maximum absolute atomic E-state index is 15.3. The van der Waals surface area contributed by atoms with E-state index in [1.807, 2.05) is 48.5 Å². The number of amides is 6. The van der Waals surface area contributed by atoms with E-state index in [-0.39, 0.29) is 78.9 Å². The second-order valence-electron chi connectivity index (χ2n) is 19.8. The number of carbonyl (C=O) groups is 8. The quantitative estimate of drug-likeness (QED) is 0.0643. The minimum atomic E-state index is -1.41. The lowest BCUT2D eigenvalue weighted by molar-refractivity contribution is -0.148. The average molecular weight is 970 g/mol. The van der Waals surface area contributed by atoms with Crippen LogP contribution in [0.4, 0.5) is 4.39 Å². The molecule has 16 nitrogen and oxygen atoms in total. The summed E-state index contributed by atoms with van der Waals surface area (Å²) in [5.41, 5.74) is 0.718. The molecule has 11 atom stereocenters. The summed E-state index contributed by atoms with van der Waals surface area (Å²) in [6, 6.07) is 5.21. The number of likely N-dealkylation sites (tertiary alicyclic amines) is 1. The highest BCUT2D eigenvalue weighted by atomic mass is 19.1. The molecular weight excluding hydrogens is 890 g/mol. The number of likely N-dealkylation sites (N-methyl/N-ethyl adjacent to an activating group) is 1. The van der Waals surface area contributed by atoms with Crippen LogP contribution >= 0.6 is 0 Å². The van der Waals surface area contributed by atoms with Crippen molar-refractivity contribution >= 4 is 47.2 Å². The van der Waals surface area contributed by atoms with E-state index in [1.165, 1.54) is 36.2 Å². The van der Waals surface area contributed by atoms with Gasteiger partial charge in [0.05, 0.1) is 43.2 Å². The van der Waals surface area contributed by atoms with E-state index in [0.717, 1.165) is 5.56 Å². The van der Waals surface area contributed by atoms with Crippen LogP contribution in [0.25, 0.3) is 0 Å². The van der Waals surface area contributed by atoms with Crippen LogP contribution in [-0.4, -0.2) is 144 Å². The van der Waals surface area contributed by atoms with Crippen molar-refractivity contribution in [1.82, 2.24) is 25.3 Å². The predicted octanol–water partition coefficient (Wildman–Crippen LogP) is 5.55. The smallest absolute Gasteiger partial charge is 0.326 e. The summed E-state index contributed by atoms with van der Waals surface area (Å²) in [5, 5.41) is 15.6. The molecule has 0 bridgehead atoms. The molecule has 0 aliphatic carbocycles. The molecule has 0 aromatic heterocycles. The molecule has 0 saturated carbocycles. The fraction of sp³-hybridized carbons (Fsp3) is 0.692. The Morgan fingerprint density at radius 1 is 0.855 bits per heavy atom. The molecule has 1 aromatic rings. The number of alkyl halides is 1. The van der Waals surface area contributed by atoms with Gasteiger partial charge in [0.15, 0.2) is 0 Å². The van der Waals surface area contributed by atoms with Gasteiger partial charge in [-0.15, -0.1) is 0 Å². The van der Waals surface area contributed by atoms with Gasteiger partial charge in [-0.3, -0.25) is 38.5 Å². The van der Waals surface area contributed by atoms with Crippen molar-refractivity contribution in [3.8, 4) is 0 Å². The van der Waals surface area contributed by atoms with Gasteiger partial charge >= 0.3 is 5.97 Å². The van der Waals surface area contributed by atoms with E-state index < -0.39 is 72.2 Å². The molecule has 0 radical (unpaired) electrons. The van der Waals surface area contributed by atoms with Gasteiger partial charge in [0.2, 0.25) is 23.6 Å². The van der Waals surface area contributed by atoms with E-state index >= 15 is 4.39 Å². The summed E-state index contributed by atoms with van der Waals surface area (Å²) in [6.45, 7) is 14.9. The van der Waals surface area contributed by atoms with Crippen LogP contribution in [0.5, 0.6) is 0 Å². The first-order chi connectivity index (χ1) is 32.6. The van der Waals surface area contributed by atoms with Crippen molar-refractivity contribution in [1.29, 1.82) is 0 Å². The molecular formula is C52H80FN5O11. The topological polar surface area (TPSA) is 209 Å². The number of imide groups is 1. The zero-order valence-electron chi connectivity index (χ0n) is 42.8. The van der Waals surface area contributed by atoms with Crippen molar-refractivity contribution in [2.75, 3.05) is 34.4 Å². The van der Waals surface area contributed by atoms with Gasteiger partial charge in [-0.1, -0.05) is 98.6 Å². The zero-order chi connectivity index (χ0) is 51.7. The number of unbranched alkanes of at least 4 members (excludes halogenated alkanes) is 2. The van der Waals surface area contributed by atoms with E-state index in [2.05, 4.69) is 10.6 Å². The second kappa shape index (κ2) is 28.0. The number of hydrogen-bond acceptors (Lipinski definition) is 10. The third-order valence-corrected chi connectivity index (χ3v) is 14.2. The first kappa shape index (κ1) is 58.3. The van der Waals surface area contributed by atoms with Crippen molar-refractivity contribution in [3.05, 3.63) is 48.0 Å². The Kier molecular flexibility index (Phi) is 23.6. The van der Waals surface area contributed by atoms with Crippen LogP contribution in [0.2, 0.25) is 0 Å². The third kappa shape index (κ3) is 16.5. The molecule has 5 unspecified atom stereocenters. The largest absolute Gasteiger partial charge is 0.480 e. The van der Waals surface area contributed by atoms with Crippen molar-refractivity contribution in [2.24, 2.45) is 35.5 Å². The van der Waals surface area contributed by atoms with Gasteiger partial charge in [-0.05, 0) is 49.0 Å². The Morgan fingerprint density at radius 3 is 2.04 bits per heavy atom. The number of ketones is 1. The molecule has 3 rings (SSSR count). The molecule has 1 saturated heterocycles. The molecule has 17 heteroatoms. The first-order valence-electron chi connectivity index (χ1n) is 24.8. The lowest BCUT2D eigenvalue weighted by atomic mass is 9.85. The highest BCUT2D eigenvalue weighted by Gasteiger charge is 2.46. The molecule has 3 N–H and O–H groups in total. The molecule has 0 spiro atoms. The SMILES string of the molecule is CC[C@H](C)C([C@@H](CC(=O)N1C[C@@H](F)C[C@H]1C(OC)[C@@H](C)C(=O)NC(Cc1ccccc1)C(=O)O)OC)N(C)C(=O)[C@@H](NC(=O)C(CCC(C)C(=O)CCCCCN1C(=O)C=CC1=O)C(C)C)C(C)C. The monoisotopic (exact) mass is 970 g/mol. The molecule has 6 amide bonds. The zero-order valence-corrected chi connectivity index (χ0v) is 42.8. The fourth-order valence-corrected chi connectivity index (χ4v) is 9.62. The normalized spacial score (nSPS) is 20.0. The summed E-state index contributed by atoms with van der Waals surface area (Å²) in [6.07, 6.45) is 2.79. The third-order valence-electron chi connectivity index (χ3n) is 14.2. The Morgan fingerprint density at radius 2 is 1.49 bits per heavy atom. The number of Topliss-reactive ketones (excluding diaryl/α,β-unsaturated/α-hetero) is 1. The van der Waals surface area contributed by atoms with E-state index in [0.29, 0.717) is 51.5 Å². The Labute approximate surface area is 408 Å². The summed E-state index contributed by atoms with van der Waals surface area (Å²) in [4.78, 5) is 109. The highest BCUT2D eigenvalue weighted by Crippen LogP contribution is 2.31. The molecule has 69 heavy (non-hydrogen) atoms. The Bertz CT molecular complexity index is 1910. The average Bonchev–Trinajstić information content (AvgIpc) is 3.86. The standard InChI is InChI=1S/C52H80FN5O11/c1-12-33(6)47(42(68-10)29-45(62)58-30-37(53)28-40(58)48(69-11)35(8)49(63)54-39(52(66)67)27-36-19-15-13-16-20-36)56(9)51(65)46(32(4)5)55-50(64)38(31(2)3)23-22-34(7)41(59)21-17-14-18-26-57-43(60)24-25-44(57)61/h13,15-16,19-20,24-25,31-35,37-40,42,46-48H,12,14,17-18,21-23,26-30H2,1-11H3,(H,54,63)(H,55,64)(H,66,67)/t33-,34?,35+,37-,38?,39?,40-,42+,46-,47?,48?/m0/s1. The second-order valence-corrected chi connectivity index (χ2v) is 19.8. The molecule has 1 aromatic carbocycles. The Hall–Kier alpha value is -5.03. The minimum absolute atomic E-state index is 0.0460. The number of nitrogens with one attached hydrogen (secondary N) is 2. The number of benzene rings is 1. The molecule has 2 aliphatic heterocycles. The van der Waals surface area contributed by atoms with Gasteiger partial charge in [-0.2, -0.15) is 0 Å². The number of carboxylic acids is 1.